The van der Waals surface area contributed by atoms with E-state index in [1.54, 1.807) is 56.5 Å². The van der Waals surface area contributed by atoms with Crippen LogP contribution in [0.3, 0.4) is 0 Å². The van der Waals surface area contributed by atoms with E-state index in [1.807, 2.05) is 43.3 Å². The summed E-state index contributed by atoms with van der Waals surface area (Å²) in [5.74, 6) is 1.43. The van der Waals surface area contributed by atoms with Gasteiger partial charge in [0.05, 0.1) is 41.3 Å². The second-order valence-electron chi connectivity index (χ2n) is 8.46. The first-order valence-electron chi connectivity index (χ1n) is 11.6. The van der Waals surface area contributed by atoms with Crippen LogP contribution >= 0.6 is 15.9 Å². The summed E-state index contributed by atoms with van der Waals surface area (Å²) in [6.07, 6.45) is 0.979. The Morgan fingerprint density at radius 3 is 2.44 bits per heavy atom. The van der Waals surface area contributed by atoms with Crippen molar-refractivity contribution in [3.05, 3.63) is 92.9 Å². The summed E-state index contributed by atoms with van der Waals surface area (Å²) in [6.45, 7) is 1.87. The van der Waals surface area contributed by atoms with Crippen molar-refractivity contribution in [3.8, 4) is 17.2 Å². The molecule has 4 rings (SSSR count). The topological polar surface area (TPSA) is 73.7 Å². The monoisotopic (exact) mass is 549 g/mol. The zero-order chi connectivity index (χ0) is 25.8. The van der Waals surface area contributed by atoms with Crippen LogP contribution < -0.4 is 15.0 Å². The summed E-state index contributed by atoms with van der Waals surface area (Å²) >= 11 is 3.59. The molecule has 1 atom stereocenters. The maximum atomic E-state index is 13.8. The van der Waals surface area contributed by atoms with Gasteiger partial charge in [-0.05, 0) is 47.0 Å². The van der Waals surface area contributed by atoms with E-state index in [2.05, 4.69) is 15.9 Å². The molecule has 0 aliphatic carbocycles. The van der Waals surface area contributed by atoms with E-state index in [0.717, 1.165) is 5.56 Å². The summed E-state index contributed by atoms with van der Waals surface area (Å²) in [7, 11) is 4.84. The number of nitrogens with zero attached hydrogens (tertiary/aromatic N) is 3. The number of aryl methyl sites for hydroxylation is 1. The first-order chi connectivity index (χ1) is 17.3. The van der Waals surface area contributed by atoms with E-state index >= 15 is 0 Å². The highest BCUT2D eigenvalue weighted by molar-refractivity contribution is 9.10. The summed E-state index contributed by atoms with van der Waals surface area (Å²) in [5, 5.41) is 0.472. The zero-order valence-corrected chi connectivity index (χ0v) is 22.3. The van der Waals surface area contributed by atoms with Crippen molar-refractivity contribution >= 4 is 32.7 Å². The lowest BCUT2D eigenvalue weighted by molar-refractivity contribution is -0.131. The van der Waals surface area contributed by atoms with E-state index in [9.17, 15) is 9.59 Å². The lowest BCUT2D eigenvalue weighted by atomic mass is 10.1. The van der Waals surface area contributed by atoms with E-state index in [-0.39, 0.29) is 11.5 Å². The zero-order valence-electron chi connectivity index (χ0n) is 20.7. The van der Waals surface area contributed by atoms with Gasteiger partial charge in [0.1, 0.15) is 17.3 Å². The molecule has 0 saturated heterocycles. The smallest absolute Gasteiger partial charge is 0.266 e. The number of rotatable bonds is 8. The van der Waals surface area contributed by atoms with E-state index in [1.165, 1.54) is 4.57 Å². The van der Waals surface area contributed by atoms with Crippen LogP contribution in [0, 0.1) is 0 Å². The fourth-order valence-electron chi connectivity index (χ4n) is 4.11. The van der Waals surface area contributed by atoms with Crippen LogP contribution in [0.5, 0.6) is 11.5 Å². The quantitative estimate of drug-likeness (QED) is 0.297. The lowest BCUT2D eigenvalue weighted by Crippen LogP contribution is -2.35. The van der Waals surface area contributed by atoms with Gasteiger partial charge in [-0.3, -0.25) is 14.2 Å². The van der Waals surface area contributed by atoms with Gasteiger partial charge in [-0.2, -0.15) is 0 Å². The van der Waals surface area contributed by atoms with Gasteiger partial charge in [-0.25, -0.2) is 4.98 Å². The molecular formula is C28H28BrN3O4. The summed E-state index contributed by atoms with van der Waals surface area (Å²) in [4.78, 5) is 33.5. The molecule has 0 aliphatic heterocycles. The van der Waals surface area contributed by atoms with Crippen molar-refractivity contribution in [1.29, 1.82) is 0 Å². The standard InChI is InChI=1S/C28H28BrN3O4/c1-18(31(2)25(33)15-14-19-10-6-5-7-11-19)27-30-22-13-9-8-12-21(22)28(34)32(27)23-16-20(35-3)17-24(36-4)26(23)29/h5-13,16-18H,14-15H2,1-4H3. The van der Waals surface area contributed by atoms with Crippen LogP contribution in [0.2, 0.25) is 0 Å². The van der Waals surface area contributed by atoms with E-state index in [4.69, 9.17) is 14.5 Å². The van der Waals surface area contributed by atoms with Gasteiger partial charge in [-0.1, -0.05) is 42.5 Å². The SMILES string of the molecule is COc1cc(OC)c(Br)c(-n2c(C(C)N(C)C(=O)CCc3ccccc3)nc3ccccc3c2=O)c1. The highest BCUT2D eigenvalue weighted by atomic mass is 79.9. The molecule has 7 nitrogen and oxygen atoms in total. The van der Waals surface area contributed by atoms with E-state index < -0.39 is 6.04 Å². The maximum Gasteiger partial charge on any atom is 0.266 e. The van der Waals surface area contributed by atoms with Crippen molar-refractivity contribution in [3.63, 3.8) is 0 Å². The minimum atomic E-state index is -0.491. The molecule has 0 spiro atoms. The third-order valence-corrected chi connectivity index (χ3v) is 7.11. The Labute approximate surface area is 218 Å². The molecule has 1 amide bonds. The number of hydrogen-bond acceptors (Lipinski definition) is 5. The Bertz CT molecular complexity index is 1450. The van der Waals surface area contributed by atoms with Gasteiger partial charge < -0.3 is 14.4 Å². The highest BCUT2D eigenvalue weighted by Gasteiger charge is 2.26. The fraction of sp³-hybridized carbons (Fsp3) is 0.250. The largest absolute Gasteiger partial charge is 0.497 e. The molecule has 8 heteroatoms. The molecule has 1 heterocycles. The van der Waals surface area contributed by atoms with Crippen LogP contribution in [0.4, 0.5) is 0 Å². The number of carbonyl (C=O) groups is 1. The molecule has 0 radical (unpaired) electrons. The average Bonchev–Trinajstić information content (AvgIpc) is 2.91. The number of methoxy groups -OCH3 is 2. The molecule has 0 aliphatic rings. The number of halogens is 1. The van der Waals surface area contributed by atoms with Crippen LogP contribution in [-0.2, 0) is 11.2 Å². The van der Waals surface area contributed by atoms with Crippen LogP contribution in [0.1, 0.15) is 30.8 Å². The molecule has 36 heavy (non-hydrogen) atoms. The Hall–Kier alpha value is -3.65. The first-order valence-corrected chi connectivity index (χ1v) is 12.4. The third-order valence-electron chi connectivity index (χ3n) is 6.31. The van der Waals surface area contributed by atoms with Crippen molar-refractivity contribution < 1.29 is 14.3 Å². The molecule has 186 valence electrons. The van der Waals surface area contributed by atoms with Gasteiger partial charge in [0.2, 0.25) is 5.91 Å². The number of aromatic nitrogens is 2. The first kappa shape index (κ1) is 25.4. The minimum Gasteiger partial charge on any atom is -0.497 e. The summed E-state index contributed by atoms with van der Waals surface area (Å²) in [5.41, 5.74) is 1.93. The normalized spacial score (nSPS) is 11.8. The number of hydrogen-bond donors (Lipinski definition) is 0. The Kier molecular flexibility index (Phi) is 7.74. The number of para-hydroxylation sites is 1. The van der Waals surface area contributed by atoms with Crippen molar-refractivity contribution in [1.82, 2.24) is 14.5 Å². The molecule has 0 fully saturated rings. The molecule has 1 aromatic heterocycles. The Morgan fingerprint density at radius 2 is 1.75 bits per heavy atom. The molecule has 3 aromatic carbocycles. The Balaban J connectivity index is 1.82. The predicted octanol–water partition coefficient (Wildman–Crippen LogP) is 5.32. The second kappa shape index (κ2) is 11.0. The molecule has 0 bridgehead atoms. The van der Waals surface area contributed by atoms with E-state index in [0.29, 0.717) is 51.2 Å². The fourth-order valence-corrected chi connectivity index (χ4v) is 4.68. The highest BCUT2D eigenvalue weighted by Crippen LogP contribution is 2.36. The van der Waals surface area contributed by atoms with Crippen LogP contribution in [0.15, 0.2) is 76.0 Å². The molecule has 0 saturated carbocycles. The average molecular weight is 550 g/mol. The second-order valence-corrected chi connectivity index (χ2v) is 9.25. The summed E-state index contributed by atoms with van der Waals surface area (Å²) < 4.78 is 13.1. The van der Waals surface area contributed by atoms with Gasteiger partial charge in [-0.15, -0.1) is 0 Å². The van der Waals surface area contributed by atoms with Crippen LogP contribution in [0.25, 0.3) is 16.6 Å². The van der Waals surface area contributed by atoms with Crippen LogP contribution in [-0.4, -0.2) is 41.6 Å². The summed E-state index contributed by atoms with van der Waals surface area (Å²) in [6, 6.07) is 20.1. The molecule has 1 unspecified atom stereocenters. The van der Waals surface area contributed by atoms with Gasteiger partial charge >= 0.3 is 0 Å². The van der Waals surface area contributed by atoms with Gasteiger partial charge in [0.25, 0.3) is 5.56 Å². The lowest BCUT2D eigenvalue weighted by Gasteiger charge is -2.27. The third kappa shape index (κ3) is 4.99. The molecule has 0 N–H and O–H groups in total. The number of ether oxygens (including phenoxy) is 2. The number of carbonyl (C=O) groups excluding carboxylic acids is 1. The van der Waals surface area contributed by atoms with Gasteiger partial charge in [0.15, 0.2) is 0 Å². The van der Waals surface area contributed by atoms with Crippen molar-refractivity contribution in [2.75, 3.05) is 21.3 Å². The number of benzene rings is 3. The Morgan fingerprint density at radius 1 is 1.06 bits per heavy atom. The number of amides is 1. The van der Waals surface area contributed by atoms with Crippen molar-refractivity contribution in [2.45, 2.75) is 25.8 Å². The maximum absolute atomic E-state index is 13.8. The minimum absolute atomic E-state index is 0.0393. The predicted molar refractivity (Wildman–Crippen MR) is 144 cm³/mol. The number of fused-ring (bicyclic) bond motifs is 1. The van der Waals surface area contributed by atoms with Crippen molar-refractivity contribution in [2.24, 2.45) is 0 Å². The molecular weight excluding hydrogens is 522 g/mol. The van der Waals surface area contributed by atoms with Gasteiger partial charge in [0, 0.05) is 25.6 Å². The molecule has 4 aromatic rings.